The number of hydrogen-bond donors (Lipinski definition) is 2. The van der Waals surface area contributed by atoms with Crippen molar-refractivity contribution < 1.29 is 24.2 Å². The second-order valence-electron chi connectivity index (χ2n) is 4.73. The van der Waals surface area contributed by atoms with Crippen molar-refractivity contribution in [2.75, 3.05) is 14.2 Å². The third kappa shape index (κ3) is 4.33. The zero-order valence-corrected chi connectivity index (χ0v) is 13.1. The van der Waals surface area contributed by atoms with E-state index in [0.717, 1.165) is 0 Å². The van der Waals surface area contributed by atoms with Gasteiger partial charge in [0.1, 0.15) is 11.5 Å². The third-order valence-electron chi connectivity index (χ3n) is 3.15. The van der Waals surface area contributed by atoms with Crippen LogP contribution in [0.3, 0.4) is 0 Å². The van der Waals surface area contributed by atoms with Crippen molar-refractivity contribution in [1.82, 2.24) is 5.43 Å². The molecule has 0 aliphatic rings. The number of carboxylic acid groups (broad SMARTS) is 1. The zero-order valence-electron chi connectivity index (χ0n) is 13.1. The highest BCUT2D eigenvalue weighted by Gasteiger charge is 2.09. The smallest absolute Gasteiger partial charge is 0.335 e. The Morgan fingerprint density at radius 1 is 1.00 bits per heavy atom. The van der Waals surface area contributed by atoms with Crippen molar-refractivity contribution >= 4 is 18.1 Å². The van der Waals surface area contributed by atoms with Gasteiger partial charge >= 0.3 is 5.97 Å². The van der Waals surface area contributed by atoms with Gasteiger partial charge in [0.25, 0.3) is 5.91 Å². The van der Waals surface area contributed by atoms with Crippen LogP contribution in [0.2, 0.25) is 0 Å². The Bertz CT molecular complexity index is 747. The first kappa shape index (κ1) is 17.0. The molecule has 0 radical (unpaired) electrons. The maximum Gasteiger partial charge on any atom is 0.335 e. The topological polar surface area (TPSA) is 97.2 Å². The van der Waals surface area contributed by atoms with Gasteiger partial charge in [0.05, 0.1) is 26.0 Å². The van der Waals surface area contributed by atoms with Crippen molar-refractivity contribution in [3.05, 3.63) is 59.2 Å². The van der Waals surface area contributed by atoms with Crippen LogP contribution < -0.4 is 14.9 Å². The molecule has 0 fully saturated rings. The number of carbonyl (C=O) groups excluding carboxylic acids is 1. The van der Waals surface area contributed by atoms with E-state index in [1.807, 2.05) is 0 Å². The molecule has 0 aliphatic carbocycles. The average molecular weight is 328 g/mol. The van der Waals surface area contributed by atoms with Crippen LogP contribution in [0.5, 0.6) is 11.5 Å². The minimum Gasteiger partial charge on any atom is -0.497 e. The van der Waals surface area contributed by atoms with Gasteiger partial charge in [-0.15, -0.1) is 0 Å². The molecule has 0 spiro atoms. The number of hydrazone groups is 1. The number of rotatable bonds is 6. The van der Waals surface area contributed by atoms with Crippen molar-refractivity contribution in [2.45, 2.75) is 0 Å². The summed E-state index contributed by atoms with van der Waals surface area (Å²) >= 11 is 0. The van der Waals surface area contributed by atoms with Crippen molar-refractivity contribution in [2.24, 2.45) is 5.10 Å². The quantitative estimate of drug-likeness (QED) is 0.625. The lowest BCUT2D eigenvalue weighted by Gasteiger charge is -2.07. The lowest BCUT2D eigenvalue weighted by Crippen LogP contribution is -2.17. The molecule has 0 heterocycles. The largest absolute Gasteiger partial charge is 0.497 e. The number of carboxylic acids is 1. The van der Waals surface area contributed by atoms with Crippen LogP contribution >= 0.6 is 0 Å². The number of nitrogens with zero attached hydrogens (tertiary/aromatic N) is 1. The predicted molar refractivity (Wildman–Crippen MR) is 88.0 cm³/mol. The van der Waals surface area contributed by atoms with E-state index in [1.54, 1.807) is 30.3 Å². The van der Waals surface area contributed by atoms with Gasteiger partial charge in [0.2, 0.25) is 0 Å². The molecule has 7 nitrogen and oxygen atoms in total. The highest BCUT2D eigenvalue weighted by Crippen LogP contribution is 2.22. The van der Waals surface area contributed by atoms with Gasteiger partial charge in [-0.2, -0.15) is 5.10 Å². The molecule has 0 aromatic heterocycles. The molecule has 24 heavy (non-hydrogen) atoms. The van der Waals surface area contributed by atoms with Gasteiger partial charge in [-0.3, -0.25) is 4.79 Å². The molecule has 7 heteroatoms. The number of aromatic carboxylic acids is 1. The van der Waals surface area contributed by atoms with Crippen molar-refractivity contribution in [1.29, 1.82) is 0 Å². The van der Waals surface area contributed by atoms with Gasteiger partial charge < -0.3 is 14.6 Å². The summed E-state index contributed by atoms with van der Waals surface area (Å²) in [5.74, 6) is -0.440. The molecule has 2 aromatic carbocycles. The van der Waals surface area contributed by atoms with Crippen LogP contribution in [0.25, 0.3) is 0 Å². The van der Waals surface area contributed by atoms with Gasteiger partial charge in [0.15, 0.2) is 0 Å². The fourth-order valence-corrected chi connectivity index (χ4v) is 1.88. The van der Waals surface area contributed by atoms with Gasteiger partial charge in [-0.1, -0.05) is 12.1 Å². The molecule has 0 aliphatic heterocycles. The monoisotopic (exact) mass is 328 g/mol. The van der Waals surface area contributed by atoms with E-state index in [9.17, 15) is 9.59 Å². The molecule has 2 rings (SSSR count). The highest BCUT2D eigenvalue weighted by atomic mass is 16.5. The summed E-state index contributed by atoms with van der Waals surface area (Å²) in [6, 6.07) is 10.9. The highest BCUT2D eigenvalue weighted by molar-refractivity contribution is 5.95. The number of ether oxygens (including phenoxy) is 2. The average Bonchev–Trinajstić information content (AvgIpc) is 2.61. The molecule has 0 saturated heterocycles. The maximum atomic E-state index is 12.1. The predicted octanol–water partition coefficient (Wildman–Crippen LogP) is 2.17. The summed E-state index contributed by atoms with van der Waals surface area (Å²) in [5, 5.41) is 12.7. The Labute approximate surface area is 138 Å². The van der Waals surface area contributed by atoms with Crippen LogP contribution in [0, 0.1) is 0 Å². The summed E-state index contributed by atoms with van der Waals surface area (Å²) in [7, 11) is 2.99. The van der Waals surface area contributed by atoms with Gasteiger partial charge in [0, 0.05) is 11.6 Å². The number of amides is 1. The molecule has 0 unspecified atom stereocenters. The normalized spacial score (nSPS) is 10.4. The number of nitrogens with one attached hydrogen (secondary N) is 1. The second kappa shape index (κ2) is 7.77. The Morgan fingerprint density at radius 2 is 1.58 bits per heavy atom. The molecule has 2 N–H and O–H groups in total. The molecule has 124 valence electrons. The summed E-state index contributed by atoms with van der Waals surface area (Å²) in [4.78, 5) is 22.9. The summed E-state index contributed by atoms with van der Waals surface area (Å²) < 4.78 is 10.2. The second-order valence-corrected chi connectivity index (χ2v) is 4.73. The number of benzene rings is 2. The van der Waals surface area contributed by atoms with Crippen LogP contribution in [-0.4, -0.2) is 37.4 Å². The first-order valence-electron chi connectivity index (χ1n) is 6.93. The van der Waals surface area contributed by atoms with Gasteiger partial charge in [-0.25, -0.2) is 10.2 Å². The van der Waals surface area contributed by atoms with Crippen molar-refractivity contribution in [3.8, 4) is 11.5 Å². The lowest BCUT2D eigenvalue weighted by molar-refractivity contribution is 0.0696. The minimum atomic E-state index is -1.00. The summed E-state index contributed by atoms with van der Waals surface area (Å²) in [5.41, 5.74) is 3.56. The first-order chi connectivity index (χ1) is 11.5. The van der Waals surface area contributed by atoms with E-state index < -0.39 is 11.9 Å². The van der Waals surface area contributed by atoms with Crippen LogP contribution in [0.4, 0.5) is 0 Å². The fraction of sp³-hybridized carbons (Fsp3) is 0.118. The van der Waals surface area contributed by atoms with E-state index in [4.69, 9.17) is 14.6 Å². The molecule has 2 aromatic rings. The van der Waals surface area contributed by atoms with Crippen LogP contribution in [0.15, 0.2) is 47.6 Å². The van der Waals surface area contributed by atoms with E-state index >= 15 is 0 Å². The molecular weight excluding hydrogens is 312 g/mol. The Kier molecular flexibility index (Phi) is 5.51. The Hall–Kier alpha value is -3.35. The van der Waals surface area contributed by atoms with E-state index in [2.05, 4.69) is 10.5 Å². The molecule has 1 amide bonds. The minimum absolute atomic E-state index is 0.180. The lowest BCUT2D eigenvalue weighted by atomic mass is 10.1. The van der Waals surface area contributed by atoms with Gasteiger partial charge in [-0.05, 0) is 29.8 Å². The molecule has 0 saturated carbocycles. The van der Waals surface area contributed by atoms with Crippen LogP contribution in [0.1, 0.15) is 26.3 Å². The number of carbonyl (C=O) groups is 2. The third-order valence-corrected chi connectivity index (χ3v) is 3.15. The van der Waals surface area contributed by atoms with E-state index in [1.165, 1.54) is 32.6 Å². The number of methoxy groups -OCH3 is 2. The first-order valence-corrected chi connectivity index (χ1v) is 6.93. The number of hydrogen-bond acceptors (Lipinski definition) is 5. The fourth-order valence-electron chi connectivity index (χ4n) is 1.88. The summed E-state index contributed by atoms with van der Waals surface area (Å²) in [6.07, 6.45) is 1.42. The Morgan fingerprint density at radius 3 is 2.08 bits per heavy atom. The SMILES string of the molecule is COc1cc(OC)cc(C(=O)NN=Cc2ccc(C(=O)O)cc2)c1. The van der Waals surface area contributed by atoms with Crippen molar-refractivity contribution in [3.63, 3.8) is 0 Å². The van der Waals surface area contributed by atoms with Crippen LogP contribution in [-0.2, 0) is 0 Å². The van der Waals surface area contributed by atoms with E-state index in [0.29, 0.717) is 22.6 Å². The maximum absolute atomic E-state index is 12.1. The molecule has 0 bridgehead atoms. The zero-order chi connectivity index (χ0) is 17.5. The molecular formula is C17H16N2O5. The summed E-state index contributed by atoms with van der Waals surface area (Å²) in [6.45, 7) is 0. The molecule has 0 atom stereocenters. The Balaban J connectivity index is 2.05. The standard InChI is InChI=1S/C17H16N2O5/c1-23-14-7-13(8-15(9-14)24-2)16(20)19-18-10-11-3-5-12(6-4-11)17(21)22/h3-10H,1-2H3,(H,19,20)(H,21,22). The van der Waals surface area contributed by atoms with E-state index in [-0.39, 0.29) is 5.56 Å².